The number of carbonyl (C=O) groups is 3. The summed E-state index contributed by atoms with van der Waals surface area (Å²) in [6.45, 7) is 5.67. The van der Waals surface area contributed by atoms with E-state index in [0.717, 1.165) is 71.9 Å². The molecule has 3 aromatic carbocycles. The predicted molar refractivity (Wildman–Crippen MR) is 227 cm³/mol. The van der Waals surface area contributed by atoms with E-state index in [9.17, 15) is 18.6 Å². The summed E-state index contributed by atoms with van der Waals surface area (Å²) in [6, 6.07) is 19.9. The molecule has 1 aliphatic carbocycles. The molecule has 2 bridgehead atoms. The van der Waals surface area contributed by atoms with Gasteiger partial charge in [0, 0.05) is 90.0 Å². The Balaban J connectivity index is 1.21. The summed E-state index contributed by atoms with van der Waals surface area (Å²) in [7, 11) is -2.27. The highest BCUT2D eigenvalue weighted by Gasteiger charge is 2.28. The van der Waals surface area contributed by atoms with Crippen LogP contribution in [0.3, 0.4) is 0 Å². The zero-order valence-corrected chi connectivity index (χ0v) is 33.4. The highest BCUT2D eigenvalue weighted by atomic mass is 32.2. The van der Waals surface area contributed by atoms with Crippen molar-refractivity contribution in [3.8, 4) is 17.0 Å². The number of aromatic nitrogens is 1. The molecule has 0 radical (unpaired) electrons. The molecule has 2 fully saturated rings. The molecule has 2 aliphatic heterocycles. The second kappa shape index (κ2) is 17.4. The SMILES string of the molecule is C=S(C)(=O)N1CCN(c2ccc(NC(C)=O)cc2COc2ccc(-c3c(C4CCCCC4)c4ccc5cc4n3CC(=O)NCC/C=C\CCNC5=O)cc2)CC1. The highest BCUT2D eigenvalue weighted by molar-refractivity contribution is 7.97. The Hall–Kier alpha value is -5.07. The molecule has 4 aromatic rings. The van der Waals surface area contributed by atoms with Gasteiger partial charge in [-0.3, -0.25) is 18.6 Å². The van der Waals surface area contributed by atoms with Crippen molar-refractivity contribution < 1.29 is 23.3 Å². The quantitative estimate of drug-likeness (QED) is 0.139. The summed E-state index contributed by atoms with van der Waals surface area (Å²) in [5.41, 5.74) is 7.34. The summed E-state index contributed by atoms with van der Waals surface area (Å²) in [6.07, 6.45) is 12.9. The number of carbonyl (C=O) groups excluding carboxylic acids is 3. The highest BCUT2D eigenvalue weighted by Crippen LogP contribution is 2.44. The maximum atomic E-state index is 13.5. The molecule has 7 rings (SSSR count). The molecule has 296 valence electrons. The fourth-order valence-electron chi connectivity index (χ4n) is 8.37. The van der Waals surface area contributed by atoms with Crippen LogP contribution in [-0.4, -0.2) is 82.2 Å². The number of fused-ring (bicyclic) bond motifs is 1. The minimum Gasteiger partial charge on any atom is -0.489 e. The van der Waals surface area contributed by atoms with Gasteiger partial charge >= 0.3 is 0 Å². The molecule has 0 spiro atoms. The normalized spacial score (nSPS) is 19.4. The van der Waals surface area contributed by atoms with Crippen LogP contribution in [0.25, 0.3) is 22.2 Å². The zero-order valence-electron chi connectivity index (χ0n) is 32.6. The number of benzene rings is 3. The molecule has 1 unspecified atom stereocenters. The molecule has 1 saturated carbocycles. The Bertz CT molecular complexity index is 2210. The van der Waals surface area contributed by atoms with Crippen molar-refractivity contribution in [2.75, 3.05) is 55.7 Å². The molecule has 1 aromatic heterocycles. The van der Waals surface area contributed by atoms with Gasteiger partial charge in [0.1, 0.15) is 18.9 Å². The van der Waals surface area contributed by atoms with Crippen LogP contribution < -0.4 is 25.6 Å². The molecule has 3 aliphatic rings. The molecular formula is C44H54N6O5S. The lowest BCUT2D eigenvalue weighted by Crippen LogP contribution is -2.48. The van der Waals surface area contributed by atoms with E-state index in [1.54, 1.807) is 6.26 Å². The van der Waals surface area contributed by atoms with E-state index in [1.165, 1.54) is 18.9 Å². The molecule has 12 heteroatoms. The van der Waals surface area contributed by atoms with Crippen molar-refractivity contribution >= 4 is 55.6 Å². The lowest BCUT2D eigenvalue weighted by Gasteiger charge is -2.37. The molecule has 1 atom stereocenters. The van der Waals surface area contributed by atoms with Gasteiger partial charge in [-0.25, -0.2) is 4.31 Å². The maximum Gasteiger partial charge on any atom is 0.251 e. The maximum absolute atomic E-state index is 13.5. The number of anilines is 2. The molecule has 11 nitrogen and oxygen atoms in total. The fourth-order valence-corrected chi connectivity index (χ4v) is 9.31. The summed E-state index contributed by atoms with van der Waals surface area (Å²) < 4.78 is 23.1. The van der Waals surface area contributed by atoms with Crippen molar-refractivity contribution in [1.29, 1.82) is 0 Å². The van der Waals surface area contributed by atoms with E-state index in [1.807, 2.05) is 58.9 Å². The van der Waals surface area contributed by atoms with Crippen LogP contribution in [0.1, 0.15) is 79.3 Å². The van der Waals surface area contributed by atoms with E-state index in [-0.39, 0.29) is 30.9 Å². The van der Waals surface area contributed by atoms with Gasteiger partial charge in [-0.1, -0.05) is 37.5 Å². The molecule has 3 N–H and O–H groups in total. The number of amides is 3. The first kappa shape index (κ1) is 39.2. The molecule has 56 heavy (non-hydrogen) atoms. The molecule has 3 amide bonds. The molecule has 1 saturated heterocycles. The Morgan fingerprint density at radius 3 is 2.29 bits per heavy atom. The van der Waals surface area contributed by atoms with Crippen LogP contribution in [0, 0.1) is 0 Å². The van der Waals surface area contributed by atoms with Crippen molar-refractivity contribution in [2.24, 2.45) is 0 Å². The third-order valence-electron chi connectivity index (χ3n) is 11.1. The van der Waals surface area contributed by atoms with Crippen LogP contribution >= 0.6 is 0 Å². The van der Waals surface area contributed by atoms with Crippen molar-refractivity contribution in [2.45, 2.75) is 70.9 Å². The van der Waals surface area contributed by atoms with Gasteiger partial charge in [0.15, 0.2) is 0 Å². The zero-order chi connectivity index (χ0) is 39.2. The van der Waals surface area contributed by atoms with E-state index in [2.05, 4.69) is 49.5 Å². The number of hydrogen-bond acceptors (Lipinski definition) is 6. The third-order valence-corrected chi connectivity index (χ3v) is 12.6. The van der Waals surface area contributed by atoms with Gasteiger partial charge in [-0.15, -0.1) is 0 Å². The summed E-state index contributed by atoms with van der Waals surface area (Å²) in [5, 5.41) is 10.2. The lowest BCUT2D eigenvalue weighted by atomic mass is 9.81. The largest absolute Gasteiger partial charge is 0.489 e. The summed E-state index contributed by atoms with van der Waals surface area (Å²) in [5.74, 6) is 4.56. The van der Waals surface area contributed by atoms with Crippen LogP contribution in [0.4, 0.5) is 11.4 Å². The first-order chi connectivity index (χ1) is 27.0. The summed E-state index contributed by atoms with van der Waals surface area (Å²) in [4.78, 5) is 41.0. The van der Waals surface area contributed by atoms with Gasteiger partial charge in [-0.05, 0) is 103 Å². The standard InChI is InChI=1S/C44H54N6O5S/c1-31(51)47-36-16-20-39(48-23-25-49(26-24-48)56(2,3)54)35(27-36)30-55-37-17-13-33(14-18-37)43-42(32-11-7-6-8-12-32)38-19-15-34-28-40(38)50(43)29-41(52)45-21-9-4-5-10-22-46-44(34)53/h4-5,13-20,27-28,32H,2,6-12,21-26,29-30H2,1,3H3,(H,45,52)(H,46,53)(H,47,51)/b5-4-. The van der Waals surface area contributed by atoms with Crippen LogP contribution in [0.5, 0.6) is 5.75 Å². The van der Waals surface area contributed by atoms with Gasteiger partial charge in [0.2, 0.25) is 11.8 Å². The lowest BCUT2D eigenvalue weighted by molar-refractivity contribution is -0.121. The van der Waals surface area contributed by atoms with Crippen LogP contribution in [-0.2, 0) is 32.4 Å². The number of piperazine rings is 1. The second-order valence-corrected chi connectivity index (χ2v) is 17.7. The van der Waals surface area contributed by atoms with Gasteiger partial charge in [-0.2, -0.15) is 0 Å². The second-order valence-electron chi connectivity index (χ2n) is 15.3. The number of nitrogens with zero attached hydrogens (tertiary/aromatic N) is 3. The third kappa shape index (κ3) is 9.13. The van der Waals surface area contributed by atoms with Gasteiger partial charge in [0.25, 0.3) is 5.91 Å². The van der Waals surface area contributed by atoms with Crippen molar-refractivity contribution in [3.63, 3.8) is 0 Å². The monoisotopic (exact) mass is 778 g/mol. The van der Waals surface area contributed by atoms with Crippen molar-refractivity contribution in [3.05, 3.63) is 89.5 Å². The first-order valence-corrected chi connectivity index (χ1v) is 22.0. The van der Waals surface area contributed by atoms with Crippen LogP contribution in [0.15, 0.2) is 72.8 Å². The van der Waals surface area contributed by atoms with E-state index >= 15 is 0 Å². The summed E-state index contributed by atoms with van der Waals surface area (Å²) >= 11 is 0. The van der Waals surface area contributed by atoms with E-state index in [4.69, 9.17) is 4.74 Å². The van der Waals surface area contributed by atoms with Gasteiger partial charge in [0.05, 0.1) is 11.2 Å². The fraction of sp³-hybridized carbons (Fsp3) is 0.409. The first-order valence-electron chi connectivity index (χ1n) is 19.9. The topological polar surface area (TPSA) is 125 Å². The Kier molecular flexibility index (Phi) is 12.2. The Labute approximate surface area is 330 Å². The predicted octanol–water partition coefficient (Wildman–Crippen LogP) is 6.47. The minimum absolute atomic E-state index is 0.0650. The number of hydrogen-bond donors (Lipinski definition) is 3. The van der Waals surface area contributed by atoms with Crippen LogP contribution in [0.2, 0.25) is 0 Å². The Morgan fingerprint density at radius 1 is 0.893 bits per heavy atom. The minimum atomic E-state index is -2.27. The number of nitrogens with one attached hydrogen (secondary N) is 3. The average molecular weight is 779 g/mol. The number of rotatable bonds is 8. The van der Waals surface area contributed by atoms with E-state index in [0.29, 0.717) is 62.2 Å². The Morgan fingerprint density at radius 2 is 1.59 bits per heavy atom. The van der Waals surface area contributed by atoms with Crippen molar-refractivity contribution in [1.82, 2.24) is 19.5 Å². The molecular weight excluding hydrogens is 725 g/mol. The molecule has 3 heterocycles. The number of ether oxygens (including phenoxy) is 1. The smallest absolute Gasteiger partial charge is 0.251 e. The van der Waals surface area contributed by atoms with E-state index < -0.39 is 9.71 Å². The average Bonchev–Trinajstić information content (AvgIpc) is 3.50. The van der Waals surface area contributed by atoms with Gasteiger partial charge < -0.3 is 30.2 Å².